The fourth-order valence-electron chi connectivity index (χ4n) is 2.03. The third-order valence-electron chi connectivity index (χ3n) is 2.96. The van der Waals surface area contributed by atoms with Gasteiger partial charge < -0.3 is 14.9 Å². The van der Waals surface area contributed by atoms with E-state index in [4.69, 9.17) is 4.52 Å². The number of β-amino-alcohol motifs (C(OH)–C–C–N with tert-alkyl or cyclic N) is 1. The molecule has 2 atom stereocenters. The van der Waals surface area contributed by atoms with Crippen molar-refractivity contribution in [2.45, 2.75) is 18.6 Å². The summed E-state index contributed by atoms with van der Waals surface area (Å²) in [6.07, 6.45) is 0.123. The summed E-state index contributed by atoms with van der Waals surface area (Å²) in [6.45, 7) is 0.502. The van der Waals surface area contributed by atoms with Crippen molar-refractivity contribution >= 4 is 0 Å². The Bertz CT molecular complexity index is 558. The summed E-state index contributed by atoms with van der Waals surface area (Å²) in [4.78, 5) is 4.17. The molecule has 2 N–H and O–H groups in total. The average Bonchev–Trinajstić information content (AvgIpc) is 2.98. The summed E-state index contributed by atoms with van der Waals surface area (Å²) in [5, 5.41) is 16.2. The molecule has 94 valence electrons. The molecule has 6 heteroatoms. The Hall–Kier alpha value is -1.79. The van der Waals surface area contributed by atoms with Crippen molar-refractivity contribution in [2.75, 3.05) is 6.54 Å². The molecule has 1 fully saturated rings. The zero-order chi connectivity index (χ0) is 12.5. The number of aliphatic hydroxyl groups excluding tert-OH is 1. The van der Waals surface area contributed by atoms with Crippen LogP contribution >= 0.6 is 0 Å². The van der Waals surface area contributed by atoms with Gasteiger partial charge in [0.25, 0.3) is 0 Å². The van der Waals surface area contributed by atoms with Crippen LogP contribution in [0.15, 0.2) is 28.8 Å². The highest BCUT2D eigenvalue weighted by Crippen LogP contribution is 2.25. The smallest absolute Gasteiger partial charge is 0.244 e. The van der Waals surface area contributed by atoms with E-state index in [2.05, 4.69) is 15.5 Å². The molecule has 0 bridgehead atoms. The number of nitrogens with zero attached hydrogens (tertiary/aromatic N) is 2. The van der Waals surface area contributed by atoms with Gasteiger partial charge in [-0.2, -0.15) is 4.98 Å². The van der Waals surface area contributed by atoms with Crippen LogP contribution in [0.25, 0.3) is 11.4 Å². The number of hydrogen-bond acceptors (Lipinski definition) is 5. The largest absolute Gasteiger partial charge is 0.392 e. The zero-order valence-electron chi connectivity index (χ0n) is 9.51. The van der Waals surface area contributed by atoms with Crippen LogP contribution in [0.5, 0.6) is 0 Å². The Labute approximate surface area is 103 Å². The van der Waals surface area contributed by atoms with E-state index in [0.717, 1.165) is 0 Å². The van der Waals surface area contributed by atoms with Crippen molar-refractivity contribution in [1.82, 2.24) is 15.5 Å². The van der Waals surface area contributed by atoms with Gasteiger partial charge in [-0.3, -0.25) is 0 Å². The number of hydrogen-bond donors (Lipinski definition) is 2. The van der Waals surface area contributed by atoms with Crippen LogP contribution in [0.4, 0.5) is 4.39 Å². The highest BCUT2D eigenvalue weighted by molar-refractivity contribution is 5.54. The maximum atomic E-state index is 13.5. The first kappa shape index (κ1) is 11.3. The van der Waals surface area contributed by atoms with Gasteiger partial charge in [0.15, 0.2) is 0 Å². The Morgan fingerprint density at radius 3 is 2.94 bits per heavy atom. The van der Waals surface area contributed by atoms with Gasteiger partial charge in [-0.25, -0.2) is 4.39 Å². The van der Waals surface area contributed by atoms with E-state index < -0.39 is 6.10 Å². The molecule has 3 rings (SSSR count). The lowest BCUT2D eigenvalue weighted by atomic mass is 10.2. The van der Waals surface area contributed by atoms with Crippen molar-refractivity contribution in [3.8, 4) is 11.4 Å². The first-order valence-corrected chi connectivity index (χ1v) is 5.74. The number of nitrogens with one attached hydrogen (secondary N) is 1. The lowest BCUT2D eigenvalue weighted by Crippen LogP contribution is -2.15. The van der Waals surface area contributed by atoms with Crippen LogP contribution in [-0.4, -0.2) is 27.9 Å². The molecule has 1 aromatic carbocycles. The first-order valence-electron chi connectivity index (χ1n) is 5.74. The van der Waals surface area contributed by atoms with Gasteiger partial charge in [-0.15, -0.1) is 0 Å². The van der Waals surface area contributed by atoms with Gasteiger partial charge in [0, 0.05) is 6.54 Å². The summed E-state index contributed by atoms with van der Waals surface area (Å²) in [6, 6.07) is 6.11. The molecular formula is C12H12FN3O2. The van der Waals surface area contributed by atoms with E-state index in [9.17, 15) is 9.50 Å². The molecule has 1 aliphatic rings. The maximum Gasteiger partial charge on any atom is 0.244 e. The van der Waals surface area contributed by atoms with Gasteiger partial charge in [-0.1, -0.05) is 17.3 Å². The van der Waals surface area contributed by atoms with Crippen LogP contribution in [-0.2, 0) is 0 Å². The van der Waals surface area contributed by atoms with E-state index in [1.807, 2.05) is 0 Å². The normalized spacial score (nSPS) is 23.4. The predicted molar refractivity (Wildman–Crippen MR) is 61.1 cm³/mol. The van der Waals surface area contributed by atoms with E-state index >= 15 is 0 Å². The molecule has 2 heterocycles. The van der Waals surface area contributed by atoms with Crippen LogP contribution in [0, 0.1) is 5.82 Å². The minimum Gasteiger partial charge on any atom is -0.392 e. The Morgan fingerprint density at radius 2 is 2.22 bits per heavy atom. The summed E-state index contributed by atoms with van der Waals surface area (Å²) < 4.78 is 18.7. The van der Waals surface area contributed by atoms with Crippen molar-refractivity contribution in [1.29, 1.82) is 0 Å². The lowest BCUT2D eigenvalue weighted by molar-refractivity contribution is 0.191. The number of rotatable bonds is 2. The summed E-state index contributed by atoms with van der Waals surface area (Å²) in [7, 11) is 0. The molecule has 0 saturated carbocycles. The lowest BCUT2D eigenvalue weighted by Gasteiger charge is -2.01. The van der Waals surface area contributed by atoms with Crippen molar-refractivity contribution in [3.63, 3.8) is 0 Å². The molecule has 1 aliphatic heterocycles. The van der Waals surface area contributed by atoms with Crippen LogP contribution < -0.4 is 5.32 Å². The Kier molecular flexibility index (Phi) is 2.81. The molecule has 0 unspecified atom stereocenters. The Morgan fingerprint density at radius 1 is 1.39 bits per heavy atom. The predicted octanol–water partition coefficient (Wildman–Crippen LogP) is 1.27. The van der Waals surface area contributed by atoms with Crippen LogP contribution in [0.2, 0.25) is 0 Å². The second kappa shape index (κ2) is 4.47. The fourth-order valence-corrected chi connectivity index (χ4v) is 2.03. The highest BCUT2D eigenvalue weighted by atomic mass is 19.1. The molecular weight excluding hydrogens is 237 g/mol. The van der Waals surface area contributed by atoms with E-state index in [0.29, 0.717) is 24.4 Å². The summed E-state index contributed by atoms with van der Waals surface area (Å²) in [5.41, 5.74) is 0.311. The molecule has 1 saturated heterocycles. The minimum absolute atomic E-state index is 0.159. The van der Waals surface area contributed by atoms with Crippen LogP contribution in [0.3, 0.4) is 0 Å². The number of halogens is 1. The number of aromatic nitrogens is 2. The third-order valence-corrected chi connectivity index (χ3v) is 2.96. The van der Waals surface area contributed by atoms with E-state index in [-0.39, 0.29) is 17.7 Å². The SMILES string of the molecule is O[C@@H]1CN[C@@H](c2nc(-c3ccccc3F)no2)C1. The second-order valence-corrected chi connectivity index (χ2v) is 4.29. The summed E-state index contributed by atoms with van der Waals surface area (Å²) >= 11 is 0. The topological polar surface area (TPSA) is 71.2 Å². The zero-order valence-corrected chi connectivity index (χ0v) is 9.51. The van der Waals surface area contributed by atoms with Crippen LogP contribution in [0.1, 0.15) is 18.4 Å². The monoisotopic (exact) mass is 249 g/mol. The molecule has 0 aliphatic carbocycles. The fraction of sp³-hybridized carbons (Fsp3) is 0.333. The van der Waals surface area contributed by atoms with Crippen molar-refractivity contribution in [3.05, 3.63) is 36.0 Å². The molecule has 0 radical (unpaired) electrons. The number of benzene rings is 1. The minimum atomic E-state index is -0.404. The average molecular weight is 249 g/mol. The van der Waals surface area contributed by atoms with Gasteiger partial charge in [0.1, 0.15) is 5.82 Å². The second-order valence-electron chi connectivity index (χ2n) is 4.29. The molecule has 5 nitrogen and oxygen atoms in total. The van der Waals surface area contributed by atoms with Gasteiger partial charge in [-0.05, 0) is 18.6 Å². The van der Waals surface area contributed by atoms with Gasteiger partial charge >= 0.3 is 0 Å². The number of aliphatic hydroxyl groups is 1. The molecule has 1 aromatic heterocycles. The van der Waals surface area contributed by atoms with E-state index in [1.165, 1.54) is 6.07 Å². The maximum absolute atomic E-state index is 13.5. The molecule has 0 amide bonds. The highest BCUT2D eigenvalue weighted by Gasteiger charge is 2.28. The van der Waals surface area contributed by atoms with E-state index in [1.54, 1.807) is 18.2 Å². The quantitative estimate of drug-likeness (QED) is 0.838. The Balaban J connectivity index is 1.88. The molecule has 2 aromatic rings. The van der Waals surface area contributed by atoms with Crippen molar-refractivity contribution in [2.24, 2.45) is 0 Å². The molecule has 0 spiro atoms. The van der Waals surface area contributed by atoms with Crippen molar-refractivity contribution < 1.29 is 14.0 Å². The standard InChI is InChI=1S/C12H12FN3O2/c13-9-4-2-1-3-8(9)11-15-12(18-16-11)10-5-7(17)6-14-10/h1-4,7,10,14,17H,5-6H2/t7-,10+/m0/s1. The van der Waals surface area contributed by atoms with Gasteiger partial charge in [0.05, 0.1) is 17.7 Å². The first-order chi connectivity index (χ1) is 8.74. The summed E-state index contributed by atoms with van der Waals surface area (Å²) in [5.74, 6) is 0.223. The molecule has 18 heavy (non-hydrogen) atoms. The third kappa shape index (κ3) is 2.00. The van der Waals surface area contributed by atoms with Gasteiger partial charge in [0.2, 0.25) is 11.7 Å².